The maximum atomic E-state index is 13.4. The topological polar surface area (TPSA) is 56.4 Å². The van der Waals surface area contributed by atoms with Gasteiger partial charge in [0.2, 0.25) is 11.8 Å². The monoisotopic (exact) mass is 365 g/mol. The molecule has 0 bridgehead atoms. The first-order valence-corrected chi connectivity index (χ1v) is 10.2. The molecule has 1 atom stereocenters. The number of rotatable bonds is 1. The molecule has 27 heavy (non-hydrogen) atoms. The molecule has 2 saturated heterocycles. The number of fused-ring (bicyclic) bond motifs is 3. The zero-order valence-electron chi connectivity index (χ0n) is 16.0. The molecule has 142 valence electrons. The van der Waals surface area contributed by atoms with Crippen molar-refractivity contribution in [3.63, 3.8) is 0 Å². The van der Waals surface area contributed by atoms with E-state index in [0.717, 1.165) is 62.8 Å². The number of amides is 2. The Morgan fingerprint density at radius 2 is 1.93 bits per heavy atom. The third-order valence-corrected chi connectivity index (χ3v) is 7.31. The maximum Gasteiger partial charge on any atom is 0.231 e. The normalized spacial score (nSPS) is 24.6. The average molecular weight is 365 g/mol. The summed E-state index contributed by atoms with van der Waals surface area (Å²) < 4.78 is 0. The van der Waals surface area contributed by atoms with Gasteiger partial charge in [0.05, 0.1) is 5.92 Å². The van der Waals surface area contributed by atoms with Crippen LogP contribution in [0.5, 0.6) is 0 Å². The fourth-order valence-electron chi connectivity index (χ4n) is 5.55. The Hall–Kier alpha value is -2.30. The van der Waals surface area contributed by atoms with E-state index in [2.05, 4.69) is 23.2 Å². The molecule has 5 rings (SSSR count). The number of aromatic nitrogens is 1. The highest BCUT2D eigenvalue weighted by atomic mass is 16.2. The third kappa shape index (κ3) is 2.51. The summed E-state index contributed by atoms with van der Waals surface area (Å²) >= 11 is 0. The Kier molecular flexibility index (Phi) is 3.81. The third-order valence-electron chi connectivity index (χ3n) is 7.31. The second-order valence-corrected chi connectivity index (χ2v) is 8.51. The van der Waals surface area contributed by atoms with Gasteiger partial charge in [0.25, 0.3) is 0 Å². The zero-order chi connectivity index (χ0) is 18.6. The molecule has 5 nitrogen and oxygen atoms in total. The van der Waals surface area contributed by atoms with Crippen LogP contribution in [0.25, 0.3) is 10.9 Å². The van der Waals surface area contributed by atoms with Crippen LogP contribution in [0.4, 0.5) is 0 Å². The predicted octanol–water partition coefficient (Wildman–Crippen LogP) is 3.20. The van der Waals surface area contributed by atoms with Crippen molar-refractivity contribution in [3.05, 3.63) is 35.5 Å². The molecule has 1 aliphatic carbocycles. The zero-order valence-corrected chi connectivity index (χ0v) is 16.0. The molecule has 5 heteroatoms. The van der Waals surface area contributed by atoms with Gasteiger partial charge in [0.1, 0.15) is 0 Å². The van der Waals surface area contributed by atoms with Crippen molar-refractivity contribution in [1.29, 1.82) is 0 Å². The second kappa shape index (κ2) is 6.11. The van der Waals surface area contributed by atoms with Crippen LogP contribution in [0.3, 0.4) is 0 Å². The van der Waals surface area contributed by atoms with Crippen LogP contribution < -0.4 is 0 Å². The molecule has 2 aromatic rings. The summed E-state index contributed by atoms with van der Waals surface area (Å²) in [6.45, 7) is 1.53. The van der Waals surface area contributed by atoms with Gasteiger partial charge in [0.15, 0.2) is 0 Å². The number of H-pyrrole nitrogens is 1. The van der Waals surface area contributed by atoms with Crippen molar-refractivity contribution in [2.45, 2.75) is 56.4 Å². The molecule has 1 spiro atoms. The van der Waals surface area contributed by atoms with Crippen molar-refractivity contribution >= 4 is 22.7 Å². The average Bonchev–Trinajstić information content (AvgIpc) is 3.21. The highest BCUT2D eigenvalue weighted by Crippen LogP contribution is 2.40. The number of hydrogen-bond acceptors (Lipinski definition) is 2. The lowest BCUT2D eigenvalue weighted by atomic mass is 9.82. The summed E-state index contributed by atoms with van der Waals surface area (Å²) in [4.78, 5) is 32.9. The molecule has 0 saturated carbocycles. The molecular formula is C22H27N3O2. The van der Waals surface area contributed by atoms with Crippen LogP contribution in [0.15, 0.2) is 24.3 Å². The minimum Gasteiger partial charge on any atom is -0.357 e. The number of carbonyl (C=O) groups is 2. The fraction of sp³-hybridized carbons (Fsp3) is 0.545. The summed E-state index contributed by atoms with van der Waals surface area (Å²) in [5, 5.41) is 1.27. The number of aromatic amines is 1. The highest BCUT2D eigenvalue weighted by molar-refractivity contribution is 5.90. The van der Waals surface area contributed by atoms with E-state index in [-0.39, 0.29) is 23.3 Å². The number of nitrogens with zero attached hydrogens (tertiary/aromatic N) is 2. The van der Waals surface area contributed by atoms with Crippen molar-refractivity contribution in [3.8, 4) is 0 Å². The lowest BCUT2D eigenvalue weighted by Crippen LogP contribution is -2.53. The quantitative estimate of drug-likeness (QED) is 0.844. The molecule has 0 radical (unpaired) electrons. The van der Waals surface area contributed by atoms with Gasteiger partial charge in [0, 0.05) is 48.7 Å². The SMILES string of the molecule is CN1C(=O)CCC12CCN(C(=O)C1CCCc3c1[nH]c1ccccc31)CC2. The molecule has 1 N–H and O–H groups in total. The van der Waals surface area contributed by atoms with Crippen LogP contribution in [0.1, 0.15) is 55.7 Å². The molecular weight excluding hydrogens is 338 g/mol. The molecule has 2 aliphatic heterocycles. The molecule has 2 amide bonds. The number of para-hydroxylation sites is 1. The number of likely N-dealkylation sites (tertiary alicyclic amines) is 2. The van der Waals surface area contributed by atoms with Gasteiger partial charge < -0.3 is 14.8 Å². The van der Waals surface area contributed by atoms with Crippen LogP contribution in [-0.2, 0) is 16.0 Å². The largest absolute Gasteiger partial charge is 0.357 e. The summed E-state index contributed by atoms with van der Waals surface area (Å²) in [7, 11) is 1.94. The number of aryl methyl sites for hydroxylation is 1. The maximum absolute atomic E-state index is 13.4. The minimum atomic E-state index is -0.0434. The smallest absolute Gasteiger partial charge is 0.231 e. The van der Waals surface area contributed by atoms with E-state index < -0.39 is 0 Å². The van der Waals surface area contributed by atoms with E-state index in [1.54, 1.807) is 0 Å². The van der Waals surface area contributed by atoms with Crippen LogP contribution >= 0.6 is 0 Å². The molecule has 2 fully saturated rings. The lowest BCUT2D eigenvalue weighted by Gasteiger charge is -2.44. The Labute approximate surface area is 159 Å². The Bertz CT molecular complexity index is 907. The Morgan fingerprint density at radius 1 is 1.15 bits per heavy atom. The summed E-state index contributed by atoms with van der Waals surface area (Å²) in [5.74, 6) is 0.479. The van der Waals surface area contributed by atoms with Crippen molar-refractivity contribution < 1.29 is 9.59 Å². The minimum absolute atomic E-state index is 0.00724. The summed E-state index contributed by atoms with van der Waals surface area (Å²) in [5.41, 5.74) is 3.61. The van der Waals surface area contributed by atoms with E-state index in [1.165, 1.54) is 10.9 Å². The van der Waals surface area contributed by atoms with Gasteiger partial charge in [-0.2, -0.15) is 0 Å². The van der Waals surface area contributed by atoms with E-state index in [0.29, 0.717) is 6.42 Å². The lowest BCUT2D eigenvalue weighted by molar-refractivity contribution is -0.137. The van der Waals surface area contributed by atoms with Crippen molar-refractivity contribution in [2.24, 2.45) is 0 Å². The first kappa shape index (κ1) is 16.8. The molecule has 3 aliphatic rings. The number of hydrogen-bond donors (Lipinski definition) is 1. The Balaban J connectivity index is 1.37. The van der Waals surface area contributed by atoms with E-state index >= 15 is 0 Å². The Morgan fingerprint density at radius 3 is 2.67 bits per heavy atom. The molecule has 1 aromatic carbocycles. The predicted molar refractivity (Wildman–Crippen MR) is 105 cm³/mol. The van der Waals surface area contributed by atoms with Crippen molar-refractivity contribution in [2.75, 3.05) is 20.1 Å². The fourth-order valence-corrected chi connectivity index (χ4v) is 5.55. The van der Waals surface area contributed by atoms with Gasteiger partial charge in [-0.3, -0.25) is 9.59 Å². The van der Waals surface area contributed by atoms with Crippen LogP contribution in [0.2, 0.25) is 0 Å². The molecule has 1 unspecified atom stereocenters. The van der Waals surface area contributed by atoms with Crippen molar-refractivity contribution in [1.82, 2.24) is 14.8 Å². The first-order chi connectivity index (χ1) is 13.1. The standard InChI is InChI=1S/C22H27N3O2/c1-24-19(26)9-10-22(24)11-13-25(14-12-22)21(27)17-7-4-6-16-15-5-2-3-8-18(15)23-20(16)17/h2-3,5,8,17,23H,4,6-7,9-14H2,1H3. The first-order valence-electron chi connectivity index (χ1n) is 10.2. The van der Waals surface area contributed by atoms with E-state index in [9.17, 15) is 9.59 Å². The van der Waals surface area contributed by atoms with Gasteiger partial charge in [-0.15, -0.1) is 0 Å². The summed E-state index contributed by atoms with van der Waals surface area (Å²) in [6.07, 6.45) is 6.48. The van der Waals surface area contributed by atoms with Crippen LogP contribution in [0, 0.1) is 0 Å². The van der Waals surface area contributed by atoms with E-state index in [1.807, 2.05) is 22.9 Å². The summed E-state index contributed by atoms with van der Waals surface area (Å²) in [6, 6.07) is 8.39. The molecule has 3 heterocycles. The second-order valence-electron chi connectivity index (χ2n) is 8.51. The van der Waals surface area contributed by atoms with Gasteiger partial charge in [-0.05, 0) is 50.2 Å². The van der Waals surface area contributed by atoms with Crippen LogP contribution in [-0.4, -0.2) is 52.3 Å². The number of nitrogens with one attached hydrogen (secondary N) is 1. The van der Waals surface area contributed by atoms with Gasteiger partial charge in [-0.1, -0.05) is 18.2 Å². The van der Waals surface area contributed by atoms with Gasteiger partial charge in [-0.25, -0.2) is 0 Å². The van der Waals surface area contributed by atoms with E-state index in [4.69, 9.17) is 0 Å². The van der Waals surface area contributed by atoms with Gasteiger partial charge >= 0.3 is 0 Å². The number of benzene rings is 1. The number of carbonyl (C=O) groups excluding carboxylic acids is 2. The number of piperidine rings is 1. The highest BCUT2D eigenvalue weighted by Gasteiger charge is 2.46. The molecule has 1 aromatic heterocycles.